The summed E-state index contributed by atoms with van der Waals surface area (Å²) < 4.78 is 0. The average Bonchev–Trinajstić information content (AvgIpc) is 3.12. The summed E-state index contributed by atoms with van der Waals surface area (Å²) in [6.07, 6.45) is 4.11. The van der Waals surface area contributed by atoms with Gasteiger partial charge in [-0.25, -0.2) is 0 Å². The molecule has 0 aliphatic carbocycles. The van der Waals surface area contributed by atoms with Crippen LogP contribution in [0.5, 0.6) is 0 Å². The first kappa shape index (κ1) is 19.6. The van der Waals surface area contributed by atoms with E-state index in [1.54, 1.807) is 6.20 Å². The summed E-state index contributed by atoms with van der Waals surface area (Å²) in [6.45, 7) is 3.84. The van der Waals surface area contributed by atoms with Gasteiger partial charge in [0, 0.05) is 37.1 Å². The van der Waals surface area contributed by atoms with Crippen molar-refractivity contribution in [3.05, 3.63) is 65.5 Å². The standard InChI is InChI=1S/C23H27N3O3/c1-17-7-8-19(14-24-17)21(28)25-11-9-23(10-12-25)13-20(15-27)26(16-23)22(29)18-5-3-2-4-6-18/h2-8,14,20,27H,9-13,15-16H2,1H3. The molecule has 2 saturated heterocycles. The summed E-state index contributed by atoms with van der Waals surface area (Å²) >= 11 is 0. The summed E-state index contributed by atoms with van der Waals surface area (Å²) in [5.74, 6) is -0.00738. The number of piperidine rings is 1. The van der Waals surface area contributed by atoms with Gasteiger partial charge in [0.2, 0.25) is 0 Å². The smallest absolute Gasteiger partial charge is 0.255 e. The second kappa shape index (κ2) is 7.95. The SMILES string of the molecule is Cc1ccc(C(=O)N2CCC3(CC2)CC(CO)N(C(=O)c2ccccc2)C3)cn1. The number of hydrogen-bond acceptors (Lipinski definition) is 4. The van der Waals surface area contributed by atoms with Gasteiger partial charge in [-0.1, -0.05) is 18.2 Å². The van der Waals surface area contributed by atoms with Gasteiger partial charge in [0.1, 0.15) is 0 Å². The molecular formula is C23H27N3O3. The third-order valence-electron chi connectivity index (χ3n) is 6.38. The molecule has 152 valence electrons. The molecular weight excluding hydrogens is 366 g/mol. The Bertz CT molecular complexity index is 874. The minimum atomic E-state index is -0.161. The van der Waals surface area contributed by atoms with Crippen molar-refractivity contribution in [2.45, 2.75) is 32.2 Å². The molecule has 0 saturated carbocycles. The summed E-state index contributed by atoms with van der Waals surface area (Å²) in [7, 11) is 0. The Kier molecular flexibility index (Phi) is 5.37. The highest BCUT2D eigenvalue weighted by molar-refractivity contribution is 5.95. The molecule has 0 radical (unpaired) electrons. The van der Waals surface area contributed by atoms with Gasteiger partial charge in [-0.3, -0.25) is 14.6 Å². The van der Waals surface area contributed by atoms with Crippen molar-refractivity contribution in [1.82, 2.24) is 14.8 Å². The number of carbonyl (C=O) groups excluding carboxylic acids is 2. The molecule has 29 heavy (non-hydrogen) atoms. The Morgan fingerprint density at radius 2 is 1.79 bits per heavy atom. The van der Waals surface area contributed by atoms with E-state index in [0.29, 0.717) is 30.8 Å². The largest absolute Gasteiger partial charge is 0.394 e. The van der Waals surface area contributed by atoms with Gasteiger partial charge in [-0.05, 0) is 55.9 Å². The van der Waals surface area contributed by atoms with Gasteiger partial charge in [-0.15, -0.1) is 0 Å². The Balaban J connectivity index is 1.43. The van der Waals surface area contributed by atoms with Crippen LogP contribution in [-0.4, -0.2) is 64.0 Å². The fraction of sp³-hybridized carbons (Fsp3) is 0.435. The van der Waals surface area contributed by atoms with Gasteiger partial charge in [0.25, 0.3) is 11.8 Å². The molecule has 2 amide bonds. The average molecular weight is 393 g/mol. The number of hydrogen-bond donors (Lipinski definition) is 1. The van der Waals surface area contributed by atoms with E-state index in [1.165, 1.54) is 0 Å². The van der Waals surface area contributed by atoms with Crippen LogP contribution < -0.4 is 0 Å². The fourth-order valence-corrected chi connectivity index (χ4v) is 4.64. The summed E-state index contributed by atoms with van der Waals surface area (Å²) in [4.78, 5) is 33.7. The highest BCUT2D eigenvalue weighted by atomic mass is 16.3. The van der Waals surface area contributed by atoms with Gasteiger partial charge in [0.15, 0.2) is 0 Å². The number of carbonyl (C=O) groups is 2. The molecule has 2 aromatic rings. The number of amides is 2. The minimum absolute atomic E-state index is 0.0151. The number of nitrogens with zero attached hydrogens (tertiary/aromatic N) is 3. The third kappa shape index (κ3) is 3.90. The number of benzene rings is 1. The van der Waals surface area contributed by atoms with Gasteiger partial charge in [0.05, 0.1) is 18.2 Å². The topological polar surface area (TPSA) is 73.7 Å². The van der Waals surface area contributed by atoms with E-state index in [0.717, 1.165) is 25.0 Å². The lowest BCUT2D eigenvalue weighted by molar-refractivity contribution is 0.0559. The Morgan fingerprint density at radius 3 is 2.41 bits per heavy atom. The lowest BCUT2D eigenvalue weighted by Crippen LogP contribution is -2.44. The molecule has 2 aliphatic rings. The highest BCUT2D eigenvalue weighted by Crippen LogP contribution is 2.44. The molecule has 3 heterocycles. The first-order valence-corrected chi connectivity index (χ1v) is 10.2. The molecule has 1 aromatic heterocycles. The number of likely N-dealkylation sites (tertiary alicyclic amines) is 2. The third-order valence-corrected chi connectivity index (χ3v) is 6.38. The Morgan fingerprint density at radius 1 is 1.07 bits per heavy atom. The van der Waals surface area contributed by atoms with Crippen molar-refractivity contribution in [3.63, 3.8) is 0 Å². The molecule has 4 rings (SSSR count). The number of aryl methyl sites for hydroxylation is 1. The Hall–Kier alpha value is -2.73. The van der Waals surface area contributed by atoms with Gasteiger partial charge < -0.3 is 14.9 Å². The molecule has 1 atom stereocenters. The first-order chi connectivity index (χ1) is 14.0. The van der Waals surface area contributed by atoms with E-state index in [1.807, 2.05) is 59.2 Å². The maximum absolute atomic E-state index is 13.0. The van der Waals surface area contributed by atoms with Crippen LogP contribution in [0.4, 0.5) is 0 Å². The lowest BCUT2D eigenvalue weighted by Gasteiger charge is -2.39. The maximum Gasteiger partial charge on any atom is 0.255 e. The number of rotatable bonds is 3. The van der Waals surface area contributed by atoms with E-state index in [-0.39, 0.29) is 29.9 Å². The molecule has 1 spiro atoms. The van der Waals surface area contributed by atoms with Crippen LogP contribution in [-0.2, 0) is 0 Å². The van der Waals surface area contributed by atoms with Gasteiger partial charge in [-0.2, -0.15) is 0 Å². The van der Waals surface area contributed by atoms with Crippen molar-refractivity contribution in [1.29, 1.82) is 0 Å². The van der Waals surface area contributed by atoms with E-state index >= 15 is 0 Å². The first-order valence-electron chi connectivity index (χ1n) is 10.2. The van der Waals surface area contributed by atoms with Gasteiger partial charge >= 0.3 is 0 Å². The summed E-state index contributed by atoms with van der Waals surface area (Å²) in [5, 5.41) is 9.89. The molecule has 6 nitrogen and oxygen atoms in total. The molecule has 0 bridgehead atoms. The number of aromatic nitrogens is 1. The summed E-state index contributed by atoms with van der Waals surface area (Å²) in [6, 6.07) is 12.8. The van der Waals surface area contributed by atoms with Crippen LogP contribution in [0.3, 0.4) is 0 Å². The predicted octanol–water partition coefficient (Wildman–Crippen LogP) is 2.52. The Labute approximate surface area is 171 Å². The molecule has 1 unspecified atom stereocenters. The van der Waals surface area contributed by atoms with E-state index in [9.17, 15) is 14.7 Å². The lowest BCUT2D eigenvalue weighted by atomic mass is 9.76. The van der Waals surface area contributed by atoms with E-state index < -0.39 is 0 Å². The fourth-order valence-electron chi connectivity index (χ4n) is 4.64. The second-order valence-corrected chi connectivity index (χ2v) is 8.32. The minimum Gasteiger partial charge on any atom is -0.394 e. The second-order valence-electron chi connectivity index (χ2n) is 8.32. The molecule has 6 heteroatoms. The van der Waals surface area contributed by atoms with Crippen LogP contribution in [0.2, 0.25) is 0 Å². The van der Waals surface area contributed by atoms with Crippen molar-refractivity contribution >= 4 is 11.8 Å². The molecule has 2 fully saturated rings. The predicted molar refractivity (Wildman–Crippen MR) is 110 cm³/mol. The monoisotopic (exact) mass is 393 g/mol. The van der Waals surface area contributed by atoms with E-state index in [4.69, 9.17) is 0 Å². The van der Waals surface area contributed by atoms with Crippen molar-refractivity contribution in [2.24, 2.45) is 5.41 Å². The van der Waals surface area contributed by atoms with Crippen molar-refractivity contribution in [3.8, 4) is 0 Å². The number of pyridine rings is 1. The molecule has 1 N–H and O–H groups in total. The normalized spacial score (nSPS) is 20.8. The molecule has 1 aromatic carbocycles. The number of aliphatic hydroxyl groups is 1. The van der Waals surface area contributed by atoms with Crippen molar-refractivity contribution in [2.75, 3.05) is 26.2 Å². The highest BCUT2D eigenvalue weighted by Gasteiger charge is 2.47. The maximum atomic E-state index is 13.0. The zero-order valence-corrected chi connectivity index (χ0v) is 16.8. The summed E-state index contributed by atoms with van der Waals surface area (Å²) in [5.41, 5.74) is 2.14. The molecule has 2 aliphatic heterocycles. The van der Waals surface area contributed by atoms with Crippen LogP contribution in [0.15, 0.2) is 48.7 Å². The van der Waals surface area contributed by atoms with E-state index in [2.05, 4.69) is 4.98 Å². The van der Waals surface area contributed by atoms with Crippen LogP contribution in [0.25, 0.3) is 0 Å². The number of aliphatic hydroxyl groups excluding tert-OH is 1. The quantitative estimate of drug-likeness (QED) is 0.870. The zero-order valence-electron chi connectivity index (χ0n) is 16.8. The van der Waals surface area contributed by atoms with Crippen LogP contribution in [0, 0.1) is 12.3 Å². The van der Waals surface area contributed by atoms with Crippen molar-refractivity contribution < 1.29 is 14.7 Å². The van der Waals surface area contributed by atoms with Crippen LogP contribution >= 0.6 is 0 Å². The van der Waals surface area contributed by atoms with Crippen LogP contribution in [0.1, 0.15) is 45.7 Å². The zero-order chi connectivity index (χ0) is 20.4.